The zero-order valence-corrected chi connectivity index (χ0v) is 20.9. The molecule has 0 amide bonds. The van der Waals surface area contributed by atoms with Crippen LogP contribution < -0.4 is 9.46 Å². The summed E-state index contributed by atoms with van der Waals surface area (Å²) in [4.78, 5) is 7.26. The monoisotopic (exact) mass is 609 g/mol. The van der Waals surface area contributed by atoms with Gasteiger partial charge in [0, 0.05) is 5.56 Å². The molecule has 0 saturated carbocycles. The van der Waals surface area contributed by atoms with Gasteiger partial charge < -0.3 is 9.72 Å². The molecule has 218 valence electrons. The van der Waals surface area contributed by atoms with E-state index >= 15 is 0 Å². The van der Waals surface area contributed by atoms with Crippen LogP contribution in [0.3, 0.4) is 0 Å². The first-order chi connectivity index (χ1) is 18.9. The van der Waals surface area contributed by atoms with Gasteiger partial charge in [0.25, 0.3) is 6.10 Å². The summed E-state index contributed by atoms with van der Waals surface area (Å²) in [6, 6.07) is 14.4. The van der Waals surface area contributed by atoms with Gasteiger partial charge in [-0.15, -0.1) is 0 Å². The van der Waals surface area contributed by atoms with E-state index in [4.69, 9.17) is 0 Å². The molecule has 0 spiro atoms. The van der Waals surface area contributed by atoms with Crippen LogP contribution in [0.15, 0.2) is 66.7 Å². The fourth-order valence-corrected chi connectivity index (χ4v) is 4.17. The van der Waals surface area contributed by atoms with Gasteiger partial charge in [-0.25, -0.2) is 4.98 Å². The fourth-order valence-electron chi connectivity index (χ4n) is 3.59. The summed E-state index contributed by atoms with van der Waals surface area (Å²) in [5, 5.41) is 0. The average Bonchev–Trinajstić information content (AvgIpc) is 3.27. The zero-order valence-electron chi connectivity index (χ0n) is 20.1. The highest BCUT2D eigenvalue weighted by atomic mass is 32.2. The fraction of sp³-hybridized carbons (Fsp3) is 0.160. The van der Waals surface area contributed by atoms with Crippen molar-refractivity contribution >= 4 is 38.9 Å². The van der Waals surface area contributed by atoms with Crippen molar-refractivity contribution < 1.29 is 52.7 Å². The highest BCUT2D eigenvalue weighted by Gasteiger charge is 2.59. The van der Waals surface area contributed by atoms with Crippen LogP contribution in [-0.2, 0) is 10.0 Å². The second-order valence-corrected chi connectivity index (χ2v) is 10.1. The zero-order chi connectivity index (χ0) is 30.2. The number of fused-ring (bicyclic) bond motifs is 1. The number of para-hydroxylation sites is 1. The van der Waals surface area contributed by atoms with Gasteiger partial charge in [0.05, 0.1) is 16.7 Å². The van der Waals surface area contributed by atoms with Crippen molar-refractivity contribution in [2.24, 2.45) is 0 Å². The lowest BCUT2D eigenvalue weighted by molar-refractivity contribution is -0.299. The van der Waals surface area contributed by atoms with E-state index in [1.54, 1.807) is 0 Å². The Morgan fingerprint density at radius 1 is 0.829 bits per heavy atom. The first-order valence-corrected chi connectivity index (χ1v) is 12.7. The van der Waals surface area contributed by atoms with Crippen molar-refractivity contribution in [3.05, 3.63) is 78.1 Å². The summed E-state index contributed by atoms with van der Waals surface area (Å²) in [5.41, 5.74) is -4.02. The topological polar surface area (TPSA) is 84.1 Å². The number of anilines is 1. The number of hydrogen-bond acceptors (Lipinski definition) is 4. The van der Waals surface area contributed by atoms with Crippen molar-refractivity contribution in [2.45, 2.75) is 24.0 Å². The maximum atomic E-state index is 12.9. The summed E-state index contributed by atoms with van der Waals surface area (Å²) in [6.45, 7) is 0. The number of aromatic amines is 1. The van der Waals surface area contributed by atoms with Crippen LogP contribution in [0.2, 0.25) is 0 Å². The number of rotatable bonds is 7. The summed E-state index contributed by atoms with van der Waals surface area (Å²) in [5.74, 6) is -0.353. The van der Waals surface area contributed by atoms with Gasteiger partial charge in [-0.05, 0) is 47.5 Å². The van der Waals surface area contributed by atoms with Gasteiger partial charge in [0.15, 0.2) is 0 Å². The van der Waals surface area contributed by atoms with Crippen molar-refractivity contribution in [3.8, 4) is 16.9 Å². The number of hydrogen-bond donors (Lipinski definition) is 2. The molecular weight excluding hydrogens is 593 g/mol. The van der Waals surface area contributed by atoms with E-state index in [-0.39, 0.29) is 17.1 Å². The van der Waals surface area contributed by atoms with Crippen LogP contribution in [0, 0.1) is 0 Å². The molecule has 4 rings (SSSR count). The lowest BCUT2D eigenvalue weighted by atomic mass is 10.0. The smallest absolute Gasteiger partial charge is 0.471 e. The molecule has 1 aromatic heterocycles. The van der Waals surface area contributed by atoms with Crippen LogP contribution in [0.5, 0.6) is 5.75 Å². The Labute approximate surface area is 225 Å². The first kappa shape index (κ1) is 29.8. The number of H-pyrrole nitrogens is 1. The number of ether oxygens (including phenoxy) is 1. The van der Waals surface area contributed by atoms with Gasteiger partial charge in [-0.1, -0.05) is 42.5 Å². The lowest BCUT2D eigenvalue weighted by Gasteiger charge is -2.23. The summed E-state index contributed by atoms with van der Waals surface area (Å²) >= 11 is 0. The normalized spacial score (nSPS) is 13.3. The number of halogens is 9. The van der Waals surface area contributed by atoms with Crippen molar-refractivity contribution in [1.29, 1.82) is 0 Å². The minimum Gasteiger partial charge on any atom is -0.471 e. The quantitative estimate of drug-likeness (QED) is 0.212. The molecule has 2 N–H and O–H groups in total. The molecule has 0 aliphatic carbocycles. The standard InChI is InChI=1S/C25H16F9N3O3S/c26-23(27,28)22(24(29,30)31)40-16-9-5-14(6-10-16)7-12-21-35-19-11-8-15(13-20(19)36-21)17-3-1-2-4-18(17)37-41(38,39)25(32,33)34/h1-13,22,37H,(H,35,36)/b12-7+. The van der Waals surface area contributed by atoms with Gasteiger partial charge in [0.1, 0.15) is 11.6 Å². The van der Waals surface area contributed by atoms with E-state index in [1.165, 1.54) is 71.5 Å². The van der Waals surface area contributed by atoms with E-state index in [1.807, 2.05) is 0 Å². The van der Waals surface area contributed by atoms with E-state index in [9.17, 15) is 47.9 Å². The van der Waals surface area contributed by atoms with E-state index < -0.39 is 39.7 Å². The number of alkyl halides is 9. The number of benzene rings is 3. The predicted octanol–water partition coefficient (Wildman–Crippen LogP) is 7.53. The molecule has 0 fully saturated rings. The Hall–Kier alpha value is -4.21. The molecule has 0 saturated heterocycles. The second-order valence-electron chi connectivity index (χ2n) is 8.43. The maximum absolute atomic E-state index is 12.9. The molecule has 6 nitrogen and oxygen atoms in total. The van der Waals surface area contributed by atoms with Crippen molar-refractivity contribution in [3.63, 3.8) is 0 Å². The molecule has 0 unspecified atom stereocenters. The van der Waals surface area contributed by atoms with Crippen LogP contribution in [0.1, 0.15) is 11.4 Å². The molecule has 0 atom stereocenters. The summed E-state index contributed by atoms with van der Waals surface area (Å²) in [6.07, 6.45) is -12.4. The minimum atomic E-state index is -5.66. The van der Waals surface area contributed by atoms with Crippen LogP contribution >= 0.6 is 0 Å². The average molecular weight is 609 g/mol. The lowest BCUT2D eigenvalue weighted by Crippen LogP contribution is -2.46. The molecule has 41 heavy (non-hydrogen) atoms. The Morgan fingerprint density at radius 3 is 2.07 bits per heavy atom. The molecule has 0 aliphatic rings. The van der Waals surface area contributed by atoms with Crippen molar-refractivity contribution in [2.75, 3.05) is 4.72 Å². The highest BCUT2D eigenvalue weighted by Crippen LogP contribution is 2.37. The van der Waals surface area contributed by atoms with Gasteiger partial charge in [0.2, 0.25) is 0 Å². The van der Waals surface area contributed by atoms with Gasteiger partial charge in [-0.2, -0.15) is 47.9 Å². The minimum absolute atomic E-state index is 0.162. The molecule has 0 radical (unpaired) electrons. The Kier molecular flexibility index (Phi) is 7.73. The van der Waals surface area contributed by atoms with Crippen LogP contribution in [0.4, 0.5) is 45.2 Å². The second kappa shape index (κ2) is 10.6. The molecule has 1 heterocycles. The van der Waals surface area contributed by atoms with Crippen LogP contribution in [0.25, 0.3) is 34.3 Å². The van der Waals surface area contributed by atoms with Gasteiger partial charge >= 0.3 is 27.9 Å². The van der Waals surface area contributed by atoms with E-state index in [0.717, 1.165) is 12.1 Å². The third-order valence-electron chi connectivity index (χ3n) is 5.45. The maximum Gasteiger partial charge on any atom is 0.516 e. The Bertz CT molecular complexity index is 1660. The third kappa shape index (κ3) is 6.93. The largest absolute Gasteiger partial charge is 0.516 e. The van der Waals surface area contributed by atoms with E-state index in [0.29, 0.717) is 22.2 Å². The van der Waals surface area contributed by atoms with Crippen molar-refractivity contribution in [1.82, 2.24) is 9.97 Å². The highest BCUT2D eigenvalue weighted by molar-refractivity contribution is 7.93. The molecule has 16 heteroatoms. The van der Waals surface area contributed by atoms with E-state index in [2.05, 4.69) is 14.7 Å². The first-order valence-electron chi connectivity index (χ1n) is 11.2. The SMILES string of the molecule is O=S(=O)(Nc1ccccc1-c1ccc2nc(/C=C/c3ccc(OC(C(F)(F)F)C(F)(F)F)cc3)[nH]c2c1)C(F)(F)F. The number of aromatic nitrogens is 2. The summed E-state index contributed by atoms with van der Waals surface area (Å²) in [7, 11) is -5.66. The molecule has 4 aromatic rings. The summed E-state index contributed by atoms with van der Waals surface area (Å²) < 4.78 is 144. The number of nitrogens with one attached hydrogen (secondary N) is 2. The molecule has 3 aromatic carbocycles. The van der Waals surface area contributed by atoms with Gasteiger partial charge in [-0.3, -0.25) is 4.72 Å². The molecular formula is C25H16F9N3O3S. The number of nitrogens with zero attached hydrogens (tertiary/aromatic N) is 1. The Balaban J connectivity index is 1.53. The van der Waals surface area contributed by atoms with Crippen LogP contribution in [-0.4, -0.2) is 42.4 Å². The predicted molar refractivity (Wildman–Crippen MR) is 132 cm³/mol. The molecule has 0 aliphatic heterocycles. The molecule has 0 bridgehead atoms. The number of imidazole rings is 1. The Morgan fingerprint density at radius 2 is 1.46 bits per heavy atom. The number of sulfonamides is 1. The third-order valence-corrected chi connectivity index (χ3v) is 6.55.